The third kappa shape index (κ3) is 2.93. The van der Waals surface area contributed by atoms with Crippen LogP contribution in [0.1, 0.15) is 24.8 Å². The van der Waals surface area contributed by atoms with Gasteiger partial charge in [0.15, 0.2) is 0 Å². The van der Waals surface area contributed by atoms with Crippen LogP contribution >= 0.6 is 0 Å². The molecule has 3 rings (SSSR count). The highest BCUT2D eigenvalue weighted by Crippen LogP contribution is 2.24. The van der Waals surface area contributed by atoms with Crippen molar-refractivity contribution in [2.75, 3.05) is 32.1 Å². The highest BCUT2D eigenvalue weighted by Gasteiger charge is 2.27. The first-order chi connectivity index (χ1) is 9.36. The molecule has 0 spiro atoms. The second-order valence-electron chi connectivity index (χ2n) is 5.73. The maximum Gasteiger partial charge on any atom is 0.0698 e. The van der Waals surface area contributed by atoms with Crippen molar-refractivity contribution < 1.29 is 4.74 Å². The van der Waals surface area contributed by atoms with Gasteiger partial charge in [0.1, 0.15) is 0 Å². The molecule has 2 atom stereocenters. The molecule has 0 aliphatic carbocycles. The van der Waals surface area contributed by atoms with Gasteiger partial charge in [-0.05, 0) is 43.9 Å². The van der Waals surface area contributed by atoms with Crippen LogP contribution in [0.25, 0.3) is 0 Å². The molecule has 2 aliphatic heterocycles. The Balaban J connectivity index is 1.65. The number of benzene rings is 1. The van der Waals surface area contributed by atoms with E-state index in [1.165, 1.54) is 43.5 Å². The van der Waals surface area contributed by atoms with Crippen molar-refractivity contribution in [1.82, 2.24) is 4.90 Å². The van der Waals surface area contributed by atoms with Gasteiger partial charge in [0, 0.05) is 31.9 Å². The minimum Gasteiger partial charge on any atom is -0.383 e. The number of nitrogens with zero attached hydrogens (tertiary/aromatic N) is 1. The summed E-state index contributed by atoms with van der Waals surface area (Å²) in [5.41, 5.74) is 2.79. The van der Waals surface area contributed by atoms with Gasteiger partial charge >= 0.3 is 0 Å². The topological polar surface area (TPSA) is 24.5 Å². The zero-order valence-electron chi connectivity index (χ0n) is 11.8. The van der Waals surface area contributed by atoms with Crippen molar-refractivity contribution in [3.05, 3.63) is 29.8 Å². The van der Waals surface area contributed by atoms with Gasteiger partial charge in [-0.1, -0.05) is 18.2 Å². The average Bonchev–Trinajstić information content (AvgIpc) is 2.70. The number of hydrogen-bond acceptors (Lipinski definition) is 3. The first kappa shape index (κ1) is 12.9. The molecule has 3 nitrogen and oxygen atoms in total. The molecule has 0 aromatic heterocycles. The van der Waals surface area contributed by atoms with Crippen LogP contribution in [0.4, 0.5) is 5.69 Å². The highest BCUT2D eigenvalue weighted by molar-refractivity contribution is 5.52. The van der Waals surface area contributed by atoms with Gasteiger partial charge in [-0.3, -0.25) is 4.90 Å². The van der Waals surface area contributed by atoms with E-state index in [1.54, 1.807) is 0 Å². The molecule has 1 saturated heterocycles. The number of para-hydroxylation sites is 1. The Bertz CT molecular complexity index is 394. The Morgan fingerprint density at radius 2 is 2.16 bits per heavy atom. The van der Waals surface area contributed by atoms with E-state index in [2.05, 4.69) is 34.5 Å². The smallest absolute Gasteiger partial charge is 0.0698 e. The van der Waals surface area contributed by atoms with E-state index in [0.717, 1.165) is 13.1 Å². The Morgan fingerprint density at radius 1 is 1.26 bits per heavy atom. The van der Waals surface area contributed by atoms with Crippen LogP contribution in [0, 0.1) is 0 Å². The van der Waals surface area contributed by atoms with Gasteiger partial charge in [0.25, 0.3) is 0 Å². The fraction of sp³-hybridized carbons (Fsp3) is 0.625. The van der Waals surface area contributed by atoms with Gasteiger partial charge in [-0.15, -0.1) is 0 Å². The van der Waals surface area contributed by atoms with Gasteiger partial charge in [-0.2, -0.15) is 0 Å². The van der Waals surface area contributed by atoms with Crippen molar-refractivity contribution in [2.45, 2.75) is 37.8 Å². The SMILES string of the molecule is COC1CCCN(C2CCc3ccccc3NC2)C1. The molecule has 2 unspecified atom stereocenters. The molecular formula is C16H24N2O. The fourth-order valence-electron chi connectivity index (χ4n) is 3.36. The summed E-state index contributed by atoms with van der Waals surface area (Å²) < 4.78 is 5.54. The summed E-state index contributed by atoms with van der Waals surface area (Å²) >= 11 is 0. The highest BCUT2D eigenvalue weighted by atomic mass is 16.5. The van der Waals surface area contributed by atoms with Gasteiger partial charge < -0.3 is 10.1 Å². The summed E-state index contributed by atoms with van der Waals surface area (Å²) in [4.78, 5) is 2.62. The summed E-state index contributed by atoms with van der Waals surface area (Å²) in [5.74, 6) is 0. The van der Waals surface area contributed by atoms with Gasteiger partial charge in [0.05, 0.1) is 6.10 Å². The number of ether oxygens (including phenoxy) is 1. The fourth-order valence-corrected chi connectivity index (χ4v) is 3.36. The van der Waals surface area contributed by atoms with Gasteiger partial charge in [-0.25, -0.2) is 0 Å². The van der Waals surface area contributed by atoms with Crippen LogP contribution in [0.15, 0.2) is 24.3 Å². The van der Waals surface area contributed by atoms with Crippen molar-refractivity contribution in [3.63, 3.8) is 0 Å². The summed E-state index contributed by atoms with van der Waals surface area (Å²) in [7, 11) is 1.84. The van der Waals surface area contributed by atoms with Crippen molar-refractivity contribution in [2.24, 2.45) is 0 Å². The number of aryl methyl sites for hydroxylation is 1. The van der Waals surface area contributed by atoms with Crippen molar-refractivity contribution >= 4 is 5.69 Å². The molecule has 0 bridgehead atoms. The van der Waals surface area contributed by atoms with E-state index in [-0.39, 0.29) is 0 Å². The number of hydrogen-bond donors (Lipinski definition) is 1. The molecule has 0 saturated carbocycles. The lowest BCUT2D eigenvalue weighted by molar-refractivity contribution is 0.0155. The Morgan fingerprint density at radius 3 is 3.05 bits per heavy atom. The van der Waals surface area contributed by atoms with Crippen LogP contribution < -0.4 is 5.32 Å². The molecule has 3 heteroatoms. The van der Waals surface area contributed by atoms with Crippen molar-refractivity contribution in [3.8, 4) is 0 Å². The lowest BCUT2D eigenvalue weighted by Crippen LogP contribution is -2.47. The Kier molecular flexibility index (Phi) is 4.04. The Labute approximate surface area is 115 Å². The summed E-state index contributed by atoms with van der Waals surface area (Å²) in [6, 6.07) is 9.35. The summed E-state index contributed by atoms with van der Waals surface area (Å²) in [6.45, 7) is 3.38. The maximum absolute atomic E-state index is 5.54. The van der Waals surface area contributed by atoms with E-state index in [0.29, 0.717) is 12.1 Å². The minimum absolute atomic E-state index is 0.430. The van der Waals surface area contributed by atoms with Crippen LogP contribution in [0.5, 0.6) is 0 Å². The molecule has 2 aliphatic rings. The van der Waals surface area contributed by atoms with Crippen molar-refractivity contribution in [1.29, 1.82) is 0 Å². The molecule has 2 heterocycles. The van der Waals surface area contributed by atoms with Gasteiger partial charge in [0.2, 0.25) is 0 Å². The van der Waals surface area contributed by atoms with Crippen LogP contribution in [-0.4, -0.2) is 43.8 Å². The minimum atomic E-state index is 0.430. The average molecular weight is 260 g/mol. The van der Waals surface area contributed by atoms with E-state index in [4.69, 9.17) is 4.74 Å². The van der Waals surface area contributed by atoms with Crippen LogP contribution in [-0.2, 0) is 11.2 Å². The quantitative estimate of drug-likeness (QED) is 0.884. The molecule has 0 amide bonds. The largest absolute Gasteiger partial charge is 0.383 e. The lowest BCUT2D eigenvalue weighted by Gasteiger charge is -2.37. The maximum atomic E-state index is 5.54. The second-order valence-corrected chi connectivity index (χ2v) is 5.73. The molecular weight excluding hydrogens is 236 g/mol. The first-order valence-corrected chi connectivity index (χ1v) is 7.45. The third-order valence-corrected chi connectivity index (χ3v) is 4.55. The molecule has 1 aromatic rings. The van der Waals surface area contributed by atoms with Crippen LogP contribution in [0.3, 0.4) is 0 Å². The number of likely N-dealkylation sites (tertiary alicyclic amines) is 1. The summed E-state index contributed by atoms with van der Waals surface area (Å²) in [5, 5.41) is 3.62. The number of piperidine rings is 1. The summed E-state index contributed by atoms with van der Waals surface area (Å²) in [6.07, 6.45) is 5.34. The molecule has 1 fully saturated rings. The second kappa shape index (κ2) is 5.93. The molecule has 0 radical (unpaired) electrons. The third-order valence-electron chi connectivity index (χ3n) is 4.55. The molecule has 104 valence electrons. The molecule has 1 N–H and O–H groups in total. The zero-order valence-corrected chi connectivity index (χ0v) is 11.8. The number of fused-ring (bicyclic) bond motifs is 1. The number of methoxy groups -OCH3 is 1. The van der Waals surface area contributed by atoms with E-state index in [9.17, 15) is 0 Å². The molecule has 1 aromatic carbocycles. The monoisotopic (exact) mass is 260 g/mol. The normalized spacial score (nSPS) is 28.3. The van der Waals surface area contributed by atoms with E-state index in [1.807, 2.05) is 7.11 Å². The van der Waals surface area contributed by atoms with Crippen LogP contribution in [0.2, 0.25) is 0 Å². The van der Waals surface area contributed by atoms with E-state index < -0.39 is 0 Å². The number of rotatable bonds is 2. The Hall–Kier alpha value is -1.06. The first-order valence-electron chi connectivity index (χ1n) is 7.45. The molecule has 19 heavy (non-hydrogen) atoms. The standard InChI is InChI=1S/C16H24N2O/c1-19-15-6-4-10-18(12-15)14-9-8-13-5-2-3-7-16(13)17-11-14/h2-3,5,7,14-15,17H,4,6,8-12H2,1H3. The lowest BCUT2D eigenvalue weighted by atomic mass is 10.0. The number of nitrogens with one attached hydrogen (secondary N) is 1. The predicted molar refractivity (Wildman–Crippen MR) is 78.6 cm³/mol. The number of anilines is 1. The zero-order chi connectivity index (χ0) is 13.1. The van der Waals surface area contributed by atoms with E-state index >= 15 is 0 Å². The predicted octanol–water partition coefficient (Wildman–Crippen LogP) is 2.52.